The average Bonchev–Trinajstić information content (AvgIpc) is 2.39. The number of nitrogens with one attached hydrogen (secondary N) is 1. The molecule has 0 spiro atoms. The van der Waals surface area contributed by atoms with Crippen LogP contribution in [-0.2, 0) is 0 Å². The molecule has 0 aliphatic rings. The predicted molar refractivity (Wildman–Crippen MR) is 70.3 cm³/mol. The van der Waals surface area contributed by atoms with Crippen molar-refractivity contribution in [2.24, 2.45) is 0 Å². The first kappa shape index (κ1) is 14.5. The molecule has 1 rings (SSSR count). The summed E-state index contributed by atoms with van der Waals surface area (Å²) >= 11 is 0. The molecule has 1 aromatic carbocycles. The number of amides is 1. The van der Waals surface area contributed by atoms with Gasteiger partial charge in [-0.2, -0.15) is 0 Å². The quantitative estimate of drug-likeness (QED) is 0.572. The van der Waals surface area contributed by atoms with Gasteiger partial charge in [0.15, 0.2) is 0 Å². The number of carbonyl (C=O) groups is 1. The van der Waals surface area contributed by atoms with Gasteiger partial charge in [-0.15, -0.1) is 0 Å². The second-order valence-corrected chi connectivity index (χ2v) is 4.48. The Balaban J connectivity index is 2.90. The third kappa shape index (κ3) is 3.00. The van der Waals surface area contributed by atoms with Crippen LogP contribution in [0.15, 0.2) is 18.2 Å². The van der Waals surface area contributed by atoms with E-state index in [-0.39, 0.29) is 19.1 Å². The zero-order valence-corrected chi connectivity index (χ0v) is 10.7. The summed E-state index contributed by atoms with van der Waals surface area (Å²) < 4.78 is 0. The number of aryl methyl sites for hydroxylation is 1. The number of anilines is 1. The SMILES string of the molecule is CCC(CO)(CO)NC(=O)c1ccc(N)c(C)c1. The lowest BCUT2D eigenvalue weighted by Gasteiger charge is -2.29. The Labute approximate surface area is 107 Å². The lowest BCUT2D eigenvalue weighted by Crippen LogP contribution is -2.53. The Hall–Kier alpha value is -1.59. The Kier molecular flexibility index (Phi) is 4.69. The fraction of sp³-hybridized carbons (Fsp3) is 0.462. The van der Waals surface area contributed by atoms with Gasteiger partial charge < -0.3 is 21.3 Å². The molecule has 0 bridgehead atoms. The highest BCUT2D eigenvalue weighted by molar-refractivity contribution is 5.95. The molecule has 0 aliphatic heterocycles. The molecule has 1 aromatic rings. The molecule has 5 nitrogen and oxygen atoms in total. The van der Waals surface area contributed by atoms with Gasteiger partial charge in [-0.25, -0.2) is 0 Å². The lowest BCUT2D eigenvalue weighted by molar-refractivity contribution is 0.0653. The molecular weight excluding hydrogens is 232 g/mol. The van der Waals surface area contributed by atoms with Crippen LogP contribution < -0.4 is 11.1 Å². The van der Waals surface area contributed by atoms with Crippen LogP contribution in [-0.4, -0.2) is 34.9 Å². The third-order valence-electron chi connectivity index (χ3n) is 3.19. The number of carbonyl (C=O) groups excluding carboxylic acids is 1. The van der Waals surface area contributed by atoms with Gasteiger partial charge in [-0.1, -0.05) is 6.92 Å². The van der Waals surface area contributed by atoms with Gasteiger partial charge in [-0.05, 0) is 37.1 Å². The molecule has 5 heteroatoms. The van der Waals surface area contributed by atoms with Crippen molar-refractivity contribution < 1.29 is 15.0 Å². The fourth-order valence-corrected chi connectivity index (χ4v) is 1.57. The molecular formula is C13H20N2O3. The second-order valence-electron chi connectivity index (χ2n) is 4.48. The van der Waals surface area contributed by atoms with Crippen LogP contribution in [0.4, 0.5) is 5.69 Å². The molecule has 0 saturated heterocycles. The number of benzene rings is 1. The standard InChI is InChI=1S/C13H20N2O3/c1-3-13(7-16,8-17)15-12(18)10-4-5-11(14)9(2)6-10/h4-6,16-17H,3,7-8,14H2,1-2H3,(H,15,18). The Morgan fingerprint density at radius 2 is 2.00 bits per heavy atom. The van der Waals surface area contributed by atoms with E-state index in [2.05, 4.69) is 5.32 Å². The predicted octanol–water partition coefficient (Wildman–Crippen LogP) is 0.440. The number of nitrogens with two attached hydrogens (primary N) is 1. The first-order valence-corrected chi connectivity index (χ1v) is 5.88. The van der Waals surface area contributed by atoms with E-state index in [1.165, 1.54) is 0 Å². The molecule has 0 unspecified atom stereocenters. The van der Waals surface area contributed by atoms with Crippen molar-refractivity contribution in [3.63, 3.8) is 0 Å². The summed E-state index contributed by atoms with van der Waals surface area (Å²) in [4.78, 5) is 12.0. The Bertz CT molecular complexity index is 420. The Morgan fingerprint density at radius 1 is 1.39 bits per heavy atom. The maximum Gasteiger partial charge on any atom is 0.251 e. The topological polar surface area (TPSA) is 95.6 Å². The number of aliphatic hydroxyl groups excluding tert-OH is 2. The van der Waals surface area contributed by atoms with Gasteiger partial charge >= 0.3 is 0 Å². The van der Waals surface area contributed by atoms with Crippen molar-refractivity contribution in [1.82, 2.24) is 5.32 Å². The van der Waals surface area contributed by atoms with E-state index >= 15 is 0 Å². The number of nitrogen functional groups attached to an aromatic ring is 1. The van der Waals surface area contributed by atoms with Crippen LogP contribution in [0.2, 0.25) is 0 Å². The largest absolute Gasteiger partial charge is 0.399 e. The summed E-state index contributed by atoms with van der Waals surface area (Å²) in [5.41, 5.74) is 6.60. The van der Waals surface area contributed by atoms with E-state index in [0.717, 1.165) is 5.56 Å². The monoisotopic (exact) mass is 252 g/mol. The van der Waals surface area contributed by atoms with Crippen LogP contribution in [0.1, 0.15) is 29.3 Å². The first-order chi connectivity index (χ1) is 8.48. The van der Waals surface area contributed by atoms with Gasteiger partial charge in [0.2, 0.25) is 0 Å². The highest BCUT2D eigenvalue weighted by atomic mass is 16.3. The van der Waals surface area contributed by atoms with E-state index in [0.29, 0.717) is 17.7 Å². The molecule has 0 aromatic heterocycles. The van der Waals surface area contributed by atoms with Crippen molar-refractivity contribution in [3.8, 4) is 0 Å². The minimum atomic E-state index is -0.980. The zero-order chi connectivity index (χ0) is 13.8. The van der Waals surface area contributed by atoms with Crippen LogP contribution >= 0.6 is 0 Å². The molecule has 5 N–H and O–H groups in total. The molecule has 0 fully saturated rings. The molecule has 0 saturated carbocycles. The molecule has 0 atom stereocenters. The van der Waals surface area contributed by atoms with Gasteiger partial charge in [0, 0.05) is 11.3 Å². The summed E-state index contributed by atoms with van der Waals surface area (Å²) in [5, 5.41) is 21.2. The molecule has 0 aliphatic carbocycles. The number of hydrogen-bond acceptors (Lipinski definition) is 4. The van der Waals surface area contributed by atoms with Gasteiger partial charge in [-0.3, -0.25) is 4.79 Å². The van der Waals surface area contributed by atoms with Crippen LogP contribution in [0.25, 0.3) is 0 Å². The summed E-state index contributed by atoms with van der Waals surface area (Å²) in [7, 11) is 0. The van der Waals surface area contributed by atoms with Crippen LogP contribution in [0.3, 0.4) is 0 Å². The van der Waals surface area contributed by atoms with Crippen molar-refractivity contribution >= 4 is 11.6 Å². The van der Waals surface area contributed by atoms with Gasteiger partial charge in [0.25, 0.3) is 5.91 Å². The summed E-state index contributed by atoms with van der Waals surface area (Å²) in [5.74, 6) is -0.331. The molecule has 18 heavy (non-hydrogen) atoms. The van der Waals surface area contributed by atoms with E-state index in [4.69, 9.17) is 5.73 Å². The number of aliphatic hydroxyl groups is 2. The third-order valence-corrected chi connectivity index (χ3v) is 3.19. The van der Waals surface area contributed by atoms with Crippen molar-refractivity contribution in [3.05, 3.63) is 29.3 Å². The summed E-state index contributed by atoms with van der Waals surface area (Å²) in [6, 6.07) is 4.96. The van der Waals surface area contributed by atoms with E-state index < -0.39 is 5.54 Å². The maximum atomic E-state index is 12.0. The van der Waals surface area contributed by atoms with Gasteiger partial charge in [0.05, 0.1) is 18.8 Å². The number of hydrogen-bond donors (Lipinski definition) is 4. The maximum absolute atomic E-state index is 12.0. The summed E-state index contributed by atoms with van der Waals surface area (Å²) in [6.45, 7) is 3.00. The lowest BCUT2D eigenvalue weighted by atomic mass is 9.97. The molecule has 1 amide bonds. The summed E-state index contributed by atoms with van der Waals surface area (Å²) in [6.07, 6.45) is 0.444. The fourth-order valence-electron chi connectivity index (χ4n) is 1.57. The van der Waals surface area contributed by atoms with Gasteiger partial charge in [0.1, 0.15) is 0 Å². The average molecular weight is 252 g/mol. The first-order valence-electron chi connectivity index (χ1n) is 5.88. The highest BCUT2D eigenvalue weighted by Gasteiger charge is 2.28. The number of rotatable bonds is 5. The van der Waals surface area contributed by atoms with E-state index in [1.54, 1.807) is 25.1 Å². The van der Waals surface area contributed by atoms with Crippen LogP contribution in [0.5, 0.6) is 0 Å². The smallest absolute Gasteiger partial charge is 0.251 e. The molecule has 0 heterocycles. The van der Waals surface area contributed by atoms with E-state index in [1.807, 2.05) is 6.92 Å². The molecule has 100 valence electrons. The van der Waals surface area contributed by atoms with Crippen molar-refractivity contribution in [2.75, 3.05) is 18.9 Å². The van der Waals surface area contributed by atoms with Crippen LogP contribution in [0, 0.1) is 6.92 Å². The highest BCUT2D eigenvalue weighted by Crippen LogP contribution is 2.15. The normalized spacial score (nSPS) is 11.3. The molecule has 0 radical (unpaired) electrons. The van der Waals surface area contributed by atoms with Crippen molar-refractivity contribution in [1.29, 1.82) is 0 Å². The minimum absolute atomic E-state index is 0.306. The Morgan fingerprint density at radius 3 is 2.44 bits per heavy atom. The van der Waals surface area contributed by atoms with E-state index in [9.17, 15) is 15.0 Å². The van der Waals surface area contributed by atoms with Crippen molar-refractivity contribution in [2.45, 2.75) is 25.8 Å². The zero-order valence-electron chi connectivity index (χ0n) is 10.7. The minimum Gasteiger partial charge on any atom is -0.399 e. The second kappa shape index (κ2) is 5.84.